The van der Waals surface area contributed by atoms with Crippen LogP contribution < -0.4 is 0 Å². The largest absolute Gasteiger partial charge is 0.361 e. The molecule has 2 saturated heterocycles. The molecule has 4 aromatic carbocycles. The van der Waals surface area contributed by atoms with Gasteiger partial charge in [-0.3, -0.25) is 9.59 Å². The third-order valence-corrected chi connectivity index (χ3v) is 16.5. The lowest BCUT2D eigenvalue weighted by Crippen LogP contribution is -2.55. The Hall–Kier alpha value is -2.40. The van der Waals surface area contributed by atoms with Crippen molar-refractivity contribution < 1.29 is 19.1 Å². The van der Waals surface area contributed by atoms with E-state index in [1.165, 1.54) is 12.8 Å². The van der Waals surface area contributed by atoms with E-state index in [9.17, 15) is 9.59 Å². The Morgan fingerprint density at radius 2 is 0.846 bits per heavy atom. The van der Waals surface area contributed by atoms with Crippen molar-refractivity contribution in [1.82, 2.24) is 9.80 Å². The lowest BCUT2D eigenvalue weighted by atomic mass is 9.87. The minimum Gasteiger partial charge on any atom is -0.361 e. The lowest BCUT2D eigenvalue weighted by Gasteiger charge is -2.49. The van der Waals surface area contributed by atoms with E-state index in [0.717, 1.165) is 60.8 Å². The minimum atomic E-state index is -0.283. The molecule has 8 atom stereocenters. The van der Waals surface area contributed by atoms with Gasteiger partial charge in [-0.05, 0) is 96.5 Å². The zero-order chi connectivity index (χ0) is 45.8. The predicted molar refractivity (Wildman–Crippen MR) is 276 cm³/mol. The summed E-state index contributed by atoms with van der Waals surface area (Å²) in [6.45, 7) is 13.7. The fourth-order valence-corrected chi connectivity index (χ4v) is 13.8. The van der Waals surface area contributed by atoms with E-state index in [1.54, 1.807) is 0 Å². The highest BCUT2D eigenvalue weighted by Gasteiger charge is 2.47. The van der Waals surface area contributed by atoms with Crippen molar-refractivity contribution in [2.45, 2.75) is 157 Å². The maximum Gasteiger partial charge on any atom is 0.249 e. The van der Waals surface area contributed by atoms with Crippen molar-refractivity contribution >= 4 is 81.7 Å². The number of nitrogens with zero attached hydrogens (tertiary/aromatic N) is 2. The summed E-state index contributed by atoms with van der Waals surface area (Å²) in [6.07, 6.45) is 8.45. The van der Waals surface area contributed by atoms with Crippen molar-refractivity contribution in [1.29, 1.82) is 0 Å². The first-order valence-electron chi connectivity index (χ1n) is 22.7. The van der Waals surface area contributed by atoms with E-state index >= 15 is 0 Å². The predicted octanol–water partition coefficient (Wildman–Crippen LogP) is 15.6. The first kappa shape index (κ1) is 52.0. The Kier molecular flexibility index (Phi) is 18.2. The van der Waals surface area contributed by atoms with Gasteiger partial charge in [0, 0.05) is 52.2 Å². The van der Waals surface area contributed by atoms with Gasteiger partial charge in [-0.2, -0.15) is 23.5 Å². The molecule has 0 aromatic heterocycles. The van der Waals surface area contributed by atoms with Crippen LogP contribution in [-0.2, 0) is 19.1 Å². The van der Waals surface area contributed by atoms with Crippen molar-refractivity contribution in [3.63, 3.8) is 0 Å². The molecule has 352 valence electrons. The van der Waals surface area contributed by atoms with E-state index < -0.39 is 0 Å². The summed E-state index contributed by atoms with van der Waals surface area (Å²) in [5, 5.41) is 3.51. The summed E-state index contributed by atoms with van der Waals surface area (Å²) in [5.74, 6) is 0.129. The first-order chi connectivity index (χ1) is 30.5. The smallest absolute Gasteiger partial charge is 0.249 e. The zero-order valence-electron chi connectivity index (χ0n) is 37.8. The number of thioether (sulfide) groups is 2. The summed E-state index contributed by atoms with van der Waals surface area (Å²) >= 11 is 29.1. The molecule has 2 amide bonds. The van der Waals surface area contributed by atoms with Gasteiger partial charge in [0.25, 0.3) is 0 Å². The minimum absolute atomic E-state index is 0. The fourth-order valence-electron chi connectivity index (χ4n) is 9.93. The van der Waals surface area contributed by atoms with Crippen LogP contribution in [0.25, 0.3) is 0 Å². The molecule has 2 heterocycles. The summed E-state index contributed by atoms with van der Waals surface area (Å²) in [5.41, 5.74) is 4.06. The molecular formula is C53H66Cl4N2O4S2. The number of morpholine rings is 2. The molecule has 0 radical (unpaired) electrons. The van der Waals surface area contributed by atoms with Crippen LogP contribution in [-0.4, -0.2) is 66.9 Å². The van der Waals surface area contributed by atoms with E-state index in [-0.39, 0.29) is 78.3 Å². The van der Waals surface area contributed by atoms with Crippen molar-refractivity contribution in [3.05, 3.63) is 139 Å². The molecule has 0 bridgehead atoms. The van der Waals surface area contributed by atoms with Crippen LogP contribution >= 0.6 is 69.9 Å². The number of benzene rings is 4. The van der Waals surface area contributed by atoms with Crippen LogP contribution in [0.15, 0.2) is 97.1 Å². The van der Waals surface area contributed by atoms with Crippen LogP contribution in [0.5, 0.6) is 0 Å². The Morgan fingerprint density at radius 3 is 1.18 bits per heavy atom. The summed E-state index contributed by atoms with van der Waals surface area (Å²) in [4.78, 5) is 31.2. The van der Waals surface area contributed by atoms with Gasteiger partial charge in [-0.1, -0.05) is 170 Å². The normalized spacial score (nSPS) is 26.5. The lowest BCUT2D eigenvalue weighted by molar-refractivity contribution is -0.164. The number of ether oxygens (including phenoxy) is 2. The van der Waals surface area contributed by atoms with Gasteiger partial charge in [-0.15, -0.1) is 0 Å². The zero-order valence-corrected chi connectivity index (χ0v) is 42.4. The Morgan fingerprint density at radius 1 is 0.492 bits per heavy atom. The van der Waals surface area contributed by atoms with Crippen LogP contribution in [0.1, 0.15) is 147 Å². The number of carbonyl (C=O) groups is 2. The molecule has 0 unspecified atom stereocenters. The molecule has 12 heteroatoms. The monoisotopic (exact) mass is 998 g/mol. The average Bonchev–Trinajstić information content (AvgIpc) is 3.24. The molecule has 4 aliphatic rings. The SMILES string of the molecule is C.CC(C)(C)S[C@@H]1CCCC[C@H]1N1C(=O)CO[C@H](c2cccc(Cl)c2)[C@H]1c1ccc(Cl)cc1.CC(C)(C)S[C@H]1CCCC[C@@H]1N1C(=O)CO[C@H](c2cccc(Cl)c2)[C@H]1c1ccc(Cl)cc1. The molecular weight excluding hydrogens is 935 g/mol. The third-order valence-electron chi connectivity index (χ3n) is 12.4. The molecule has 4 fully saturated rings. The van der Waals surface area contributed by atoms with Crippen LogP contribution in [0.4, 0.5) is 0 Å². The first-order valence-corrected chi connectivity index (χ1v) is 26.0. The molecule has 2 aliphatic carbocycles. The molecule has 8 rings (SSSR count). The quantitative estimate of drug-likeness (QED) is 0.175. The van der Waals surface area contributed by atoms with E-state index in [1.807, 2.05) is 121 Å². The summed E-state index contributed by atoms with van der Waals surface area (Å²) in [7, 11) is 0. The highest BCUT2D eigenvalue weighted by molar-refractivity contribution is 8.01. The van der Waals surface area contributed by atoms with Gasteiger partial charge in [-0.25, -0.2) is 0 Å². The van der Waals surface area contributed by atoms with Crippen LogP contribution in [0.2, 0.25) is 20.1 Å². The molecule has 2 saturated carbocycles. The van der Waals surface area contributed by atoms with Crippen molar-refractivity contribution in [3.8, 4) is 0 Å². The highest BCUT2D eigenvalue weighted by atomic mass is 35.5. The van der Waals surface area contributed by atoms with Gasteiger partial charge in [0.1, 0.15) is 25.4 Å². The Balaban J connectivity index is 0.000000212. The number of amides is 2. The maximum absolute atomic E-state index is 13.4. The Bertz CT molecular complexity index is 2040. The van der Waals surface area contributed by atoms with Gasteiger partial charge >= 0.3 is 0 Å². The second kappa shape index (κ2) is 22.8. The number of hydrogen-bond donors (Lipinski definition) is 0. The Labute approximate surface area is 417 Å². The van der Waals surface area contributed by atoms with Crippen LogP contribution in [0.3, 0.4) is 0 Å². The van der Waals surface area contributed by atoms with Gasteiger partial charge in [0.05, 0.1) is 12.1 Å². The molecule has 6 nitrogen and oxygen atoms in total. The topological polar surface area (TPSA) is 59.1 Å². The second-order valence-electron chi connectivity index (χ2n) is 19.4. The van der Waals surface area contributed by atoms with E-state index in [0.29, 0.717) is 30.6 Å². The van der Waals surface area contributed by atoms with Crippen molar-refractivity contribution in [2.75, 3.05) is 13.2 Å². The molecule has 2 aliphatic heterocycles. The van der Waals surface area contributed by atoms with Gasteiger partial charge in [0.15, 0.2) is 0 Å². The third kappa shape index (κ3) is 13.4. The van der Waals surface area contributed by atoms with Gasteiger partial charge < -0.3 is 19.3 Å². The van der Waals surface area contributed by atoms with Gasteiger partial charge in [0.2, 0.25) is 11.8 Å². The summed E-state index contributed by atoms with van der Waals surface area (Å²) < 4.78 is 12.7. The average molecular weight is 1000 g/mol. The summed E-state index contributed by atoms with van der Waals surface area (Å²) in [6, 6.07) is 31.2. The number of carbonyl (C=O) groups excluding carboxylic acids is 2. The number of hydrogen-bond acceptors (Lipinski definition) is 6. The molecule has 4 aromatic rings. The molecule has 0 N–H and O–H groups in total. The number of rotatable bonds is 8. The molecule has 65 heavy (non-hydrogen) atoms. The molecule has 0 spiro atoms. The van der Waals surface area contributed by atoms with Crippen LogP contribution in [0, 0.1) is 0 Å². The van der Waals surface area contributed by atoms with Crippen molar-refractivity contribution in [2.24, 2.45) is 0 Å². The van der Waals surface area contributed by atoms with E-state index in [4.69, 9.17) is 55.9 Å². The highest BCUT2D eigenvalue weighted by Crippen LogP contribution is 2.49. The fraction of sp³-hybridized carbons (Fsp3) is 0.509. The standard InChI is InChI=1S/2C26H31Cl2NO2S.CH4/c2*1-26(2,3)32-22-10-5-4-9-21(22)29-23(30)16-31-25(18-7-6-8-20(28)15-18)24(29)17-11-13-19(27)14-12-17;/h2*6-8,11-15,21-22,24-25H,4-5,9-10,16H2,1-3H3;1H4/t21-,22-,24+,25+;21-,22-,24-,25-;/m01./s1. The number of halogens is 4. The van der Waals surface area contributed by atoms with E-state index in [2.05, 4.69) is 51.3 Å². The second-order valence-corrected chi connectivity index (χ2v) is 25.3. The maximum atomic E-state index is 13.4.